The lowest BCUT2D eigenvalue weighted by atomic mass is 9.53. The van der Waals surface area contributed by atoms with Crippen LogP contribution in [0.25, 0.3) is 11.0 Å². The molecule has 2 aliphatic carbocycles. The number of carbonyl (C=O) groups excluding carboxylic acids is 1. The first kappa shape index (κ1) is 34.4. The van der Waals surface area contributed by atoms with Gasteiger partial charge in [0.05, 0.1) is 27.3 Å². The lowest BCUT2D eigenvalue weighted by Crippen LogP contribution is -2.74. The first-order valence-electron chi connectivity index (χ1n) is 17.3. The third-order valence-corrected chi connectivity index (χ3v) is 13.7. The second-order valence-electron chi connectivity index (χ2n) is 14.7. The molecule has 4 unspecified atom stereocenters. The standard InChI is InChI=1S/C37H38ClF4N5O3S/c1-23-43-30-7-2-3-8-31(30)47(23)27-21-33-36(22-27)12-11-32(36)46(33)18-15-35(24-5-4-6-25(39)19-24)13-16-45(17-14-35)34(48)28-10-9-26(20-29(28)38)44-51(49,50)37(40,41)42/h2-10,19-20,27,32-33,44H,11-18,21-22H2,1H3. The molecule has 4 aromatic rings. The van der Waals surface area contributed by atoms with Crippen LogP contribution < -0.4 is 4.72 Å². The Bertz CT molecular complexity index is 2130. The van der Waals surface area contributed by atoms with Crippen molar-refractivity contribution in [2.45, 2.75) is 80.9 Å². The number of halogens is 5. The molecule has 2 saturated carbocycles. The highest BCUT2D eigenvalue weighted by molar-refractivity contribution is 7.93. The molecule has 4 aliphatic rings. The van der Waals surface area contributed by atoms with Crippen molar-refractivity contribution in [2.75, 3.05) is 24.4 Å². The SMILES string of the molecule is Cc1nc2ccccc2n1C1CC2N(CCC3(c4cccc(F)c4)CCN(C(=O)c4ccc(NS(=O)(=O)C(F)(F)F)cc4Cl)CC3)C3CCC32C1. The Morgan fingerprint density at radius 2 is 1.78 bits per heavy atom. The summed E-state index contributed by atoms with van der Waals surface area (Å²) in [6, 6.07) is 19.8. The summed E-state index contributed by atoms with van der Waals surface area (Å²) < 4.78 is 80.2. The number of rotatable bonds is 8. The molecule has 2 saturated heterocycles. The van der Waals surface area contributed by atoms with Gasteiger partial charge in [0.25, 0.3) is 5.91 Å². The number of aromatic nitrogens is 2. The maximum absolute atomic E-state index is 14.7. The van der Waals surface area contributed by atoms with Gasteiger partial charge in [-0.1, -0.05) is 35.9 Å². The number of para-hydroxylation sites is 2. The molecule has 0 radical (unpaired) electrons. The van der Waals surface area contributed by atoms with Crippen LogP contribution in [-0.4, -0.2) is 70.9 Å². The van der Waals surface area contributed by atoms with Crippen LogP contribution in [0.1, 0.15) is 72.7 Å². The van der Waals surface area contributed by atoms with Crippen LogP contribution in [0.4, 0.5) is 23.2 Å². The fourth-order valence-electron chi connectivity index (χ4n) is 9.77. The summed E-state index contributed by atoms with van der Waals surface area (Å²) in [5, 5.41) is -0.167. The van der Waals surface area contributed by atoms with E-state index in [1.807, 2.05) is 12.1 Å². The number of imidazole rings is 1. The Morgan fingerprint density at radius 3 is 2.47 bits per heavy atom. The summed E-state index contributed by atoms with van der Waals surface area (Å²) in [6.07, 6.45) is 6.66. The minimum Gasteiger partial charge on any atom is -0.339 e. The minimum atomic E-state index is -5.64. The molecule has 4 atom stereocenters. The fraction of sp³-hybridized carbons (Fsp3) is 0.459. The molecule has 14 heteroatoms. The zero-order valence-electron chi connectivity index (χ0n) is 28.0. The van der Waals surface area contributed by atoms with Crippen molar-refractivity contribution in [3.63, 3.8) is 0 Å². The van der Waals surface area contributed by atoms with Crippen LogP contribution in [0.15, 0.2) is 66.7 Å². The van der Waals surface area contributed by atoms with Crippen molar-refractivity contribution >= 4 is 44.3 Å². The number of nitrogens with one attached hydrogen (secondary N) is 1. The van der Waals surface area contributed by atoms with Gasteiger partial charge in [-0.05, 0) is 112 Å². The monoisotopic (exact) mass is 743 g/mol. The Morgan fingerprint density at radius 1 is 1.02 bits per heavy atom. The van der Waals surface area contributed by atoms with E-state index in [0.29, 0.717) is 49.5 Å². The summed E-state index contributed by atoms with van der Waals surface area (Å²) in [5.41, 5.74) is -2.73. The summed E-state index contributed by atoms with van der Waals surface area (Å²) in [6.45, 7) is 3.72. The molecular formula is C37H38ClF4N5O3S. The van der Waals surface area contributed by atoms with Gasteiger partial charge in [-0.15, -0.1) is 0 Å². The smallest absolute Gasteiger partial charge is 0.339 e. The predicted molar refractivity (Wildman–Crippen MR) is 187 cm³/mol. The number of carbonyl (C=O) groups is 1. The number of amides is 1. The highest BCUT2D eigenvalue weighted by Crippen LogP contribution is 2.68. The van der Waals surface area contributed by atoms with E-state index in [4.69, 9.17) is 16.6 Å². The molecule has 3 aromatic carbocycles. The number of fused-ring (bicyclic) bond motifs is 1. The second-order valence-corrected chi connectivity index (χ2v) is 16.8. The van der Waals surface area contributed by atoms with Crippen molar-refractivity contribution in [3.8, 4) is 0 Å². The van der Waals surface area contributed by atoms with Crippen LogP contribution in [0, 0.1) is 18.2 Å². The number of benzene rings is 3. The third-order valence-electron chi connectivity index (χ3n) is 12.3. The number of alkyl halides is 3. The van der Waals surface area contributed by atoms with E-state index >= 15 is 0 Å². The van der Waals surface area contributed by atoms with Crippen molar-refractivity contribution in [3.05, 3.63) is 94.5 Å². The summed E-state index contributed by atoms with van der Waals surface area (Å²) in [4.78, 5) is 22.8. The molecule has 1 spiro atoms. The summed E-state index contributed by atoms with van der Waals surface area (Å²) >= 11 is 6.30. The number of hydrogen-bond donors (Lipinski definition) is 1. The summed E-state index contributed by atoms with van der Waals surface area (Å²) in [7, 11) is -5.64. The molecule has 270 valence electrons. The van der Waals surface area contributed by atoms with Crippen LogP contribution in [-0.2, 0) is 15.4 Å². The number of aryl methyl sites for hydroxylation is 1. The topological polar surface area (TPSA) is 87.5 Å². The Hall–Kier alpha value is -3.68. The fourth-order valence-corrected chi connectivity index (χ4v) is 10.6. The maximum Gasteiger partial charge on any atom is 0.516 e. The Labute approximate surface area is 298 Å². The summed E-state index contributed by atoms with van der Waals surface area (Å²) in [5.74, 6) is 0.345. The van der Waals surface area contributed by atoms with Crippen molar-refractivity contribution in [2.24, 2.45) is 5.41 Å². The highest BCUT2D eigenvalue weighted by Gasteiger charge is 2.69. The van der Waals surface area contributed by atoms with E-state index in [2.05, 4.69) is 34.6 Å². The molecule has 0 bridgehead atoms. The quantitative estimate of drug-likeness (QED) is 0.186. The van der Waals surface area contributed by atoms with Gasteiger partial charge in [0.15, 0.2) is 0 Å². The van der Waals surface area contributed by atoms with Gasteiger partial charge < -0.3 is 9.47 Å². The van der Waals surface area contributed by atoms with Crippen LogP contribution >= 0.6 is 11.6 Å². The second kappa shape index (κ2) is 12.2. The van der Waals surface area contributed by atoms with E-state index in [-0.39, 0.29) is 21.8 Å². The lowest BCUT2D eigenvalue weighted by molar-refractivity contribution is -0.190. The Kier molecular flexibility index (Phi) is 8.23. The zero-order chi connectivity index (χ0) is 35.9. The molecule has 51 heavy (non-hydrogen) atoms. The largest absolute Gasteiger partial charge is 0.516 e. The minimum absolute atomic E-state index is 0.0588. The molecule has 1 N–H and O–H groups in total. The molecule has 4 fully saturated rings. The maximum atomic E-state index is 14.7. The van der Waals surface area contributed by atoms with E-state index in [9.17, 15) is 30.8 Å². The normalized spacial score (nSPS) is 25.9. The van der Waals surface area contributed by atoms with E-state index in [1.165, 1.54) is 35.2 Å². The van der Waals surface area contributed by atoms with Crippen LogP contribution in [0.3, 0.4) is 0 Å². The van der Waals surface area contributed by atoms with E-state index < -0.39 is 27.1 Å². The van der Waals surface area contributed by atoms with E-state index in [0.717, 1.165) is 54.8 Å². The van der Waals surface area contributed by atoms with Gasteiger partial charge in [0, 0.05) is 36.6 Å². The van der Waals surface area contributed by atoms with Crippen molar-refractivity contribution in [1.29, 1.82) is 0 Å². The van der Waals surface area contributed by atoms with Gasteiger partial charge in [-0.2, -0.15) is 21.6 Å². The molecule has 1 aromatic heterocycles. The Balaban J connectivity index is 0.974. The molecule has 3 heterocycles. The highest BCUT2D eigenvalue weighted by atomic mass is 35.5. The van der Waals surface area contributed by atoms with Gasteiger partial charge in [-0.3, -0.25) is 14.4 Å². The zero-order valence-corrected chi connectivity index (χ0v) is 29.5. The first-order valence-corrected chi connectivity index (χ1v) is 19.2. The van der Waals surface area contributed by atoms with Gasteiger partial charge >= 0.3 is 15.5 Å². The molecule has 8 rings (SSSR count). The van der Waals surface area contributed by atoms with E-state index in [1.54, 1.807) is 17.0 Å². The van der Waals surface area contributed by atoms with Gasteiger partial charge in [-0.25, -0.2) is 9.37 Å². The lowest BCUT2D eigenvalue weighted by Gasteiger charge is -2.69. The number of likely N-dealkylation sites (tertiary alicyclic amines) is 2. The van der Waals surface area contributed by atoms with Gasteiger partial charge in [0.2, 0.25) is 0 Å². The number of hydrogen-bond acceptors (Lipinski definition) is 5. The molecular weight excluding hydrogens is 706 g/mol. The third kappa shape index (κ3) is 5.61. The van der Waals surface area contributed by atoms with Crippen LogP contribution in [0.5, 0.6) is 0 Å². The molecule has 2 aliphatic heterocycles. The van der Waals surface area contributed by atoms with Gasteiger partial charge in [0.1, 0.15) is 11.6 Å². The molecule has 1 amide bonds. The number of nitrogens with zero attached hydrogens (tertiary/aromatic N) is 4. The first-order chi connectivity index (χ1) is 24.2. The van der Waals surface area contributed by atoms with Crippen LogP contribution in [0.2, 0.25) is 5.02 Å². The average Bonchev–Trinajstić information content (AvgIpc) is 3.62. The number of piperidine rings is 2. The number of anilines is 1. The van der Waals surface area contributed by atoms with Crippen molar-refractivity contribution in [1.82, 2.24) is 19.4 Å². The average molecular weight is 744 g/mol. The van der Waals surface area contributed by atoms with Crippen molar-refractivity contribution < 1.29 is 30.8 Å². The molecule has 8 nitrogen and oxygen atoms in total. The predicted octanol–water partition coefficient (Wildman–Crippen LogP) is 7.83. The number of sulfonamides is 1.